The van der Waals surface area contributed by atoms with Crippen molar-refractivity contribution in [2.24, 2.45) is 0 Å². The topological polar surface area (TPSA) is 66.8 Å². The number of benzene rings is 1. The van der Waals surface area contributed by atoms with Crippen LogP contribution in [-0.2, 0) is 20.7 Å². The van der Waals surface area contributed by atoms with Gasteiger partial charge in [0.2, 0.25) is 5.91 Å². The van der Waals surface area contributed by atoms with Crippen LogP contribution in [-0.4, -0.2) is 48.2 Å². The van der Waals surface area contributed by atoms with Gasteiger partial charge in [0, 0.05) is 20.1 Å². The van der Waals surface area contributed by atoms with Crippen LogP contribution in [0.15, 0.2) is 30.3 Å². The number of carboxylic acids is 1. The summed E-state index contributed by atoms with van der Waals surface area (Å²) in [6, 6.07) is 8.40. The van der Waals surface area contributed by atoms with Gasteiger partial charge in [0.15, 0.2) is 0 Å². The molecule has 1 N–H and O–H groups in total. The highest BCUT2D eigenvalue weighted by Gasteiger charge is 2.26. The molecule has 0 aliphatic carbocycles. The van der Waals surface area contributed by atoms with Gasteiger partial charge in [0.05, 0.1) is 0 Å². The van der Waals surface area contributed by atoms with Gasteiger partial charge in [-0.25, -0.2) is 4.79 Å². The summed E-state index contributed by atoms with van der Waals surface area (Å²) >= 11 is 0. The SMILES string of the molecule is CCCCOCC(=O)N(C)C(Cc1ccccc1)C(=O)O. The monoisotopic (exact) mass is 293 g/mol. The van der Waals surface area contributed by atoms with Gasteiger partial charge in [-0.3, -0.25) is 4.79 Å². The number of nitrogens with zero attached hydrogens (tertiary/aromatic N) is 1. The maximum atomic E-state index is 12.0. The third-order valence-corrected chi connectivity index (χ3v) is 3.29. The van der Waals surface area contributed by atoms with Crippen LogP contribution in [0.5, 0.6) is 0 Å². The third-order valence-electron chi connectivity index (χ3n) is 3.29. The molecule has 1 aromatic carbocycles. The van der Waals surface area contributed by atoms with E-state index in [-0.39, 0.29) is 18.9 Å². The Morgan fingerprint density at radius 2 is 1.95 bits per heavy atom. The predicted octanol–water partition coefficient (Wildman–Crippen LogP) is 1.96. The van der Waals surface area contributed by atoms with E-state index in [9.17, 15) is 14.7 Å². The molecule has 0 spiro atoms. The van der Waals surface area contributed by atoms with Gasteiger partial charge in [-0.1, -0.05) is 43.7 Å². The van der Waals surface area contributed by atoms with Crippen molar-refractivity contribution in [3.63, 3.8) is 0 Å². The van der Waals surface area contributed by atoms with E-state index in [2.05, 4.69) is 0 Å². The summed E-state index contributed by atoms with van der Waals surface area (Å²) in [5.41, 5.74) is 0.886. The molecule has 0 aromatic heterocycles. The molecule has 0 saturated carbocycles. The number of rotatable bonds is 9. The summed E-state index contributed by atoms with van der Waals surface area (Å²) in [5.74, 6) is -1.32. The maximum Gasteiger partial charge on any atom is 0.326 e. The summed E-state index contributed by atoms with van der Waals surface area (Å²) in [6.07, 6.45) is 2.17. The van der Waals surface area contributed by atoms with Crippen LogP contribution in [0.1, 0.15) is 25.3 Å². The highest BCUT2D eigenvalue weighted by Crippen LogP contribution is 2.09. The van der Waals surface area contributed by atoms with Gasteiger partial charge in [-0.05, 0) is 12.0 Å². The van der Waals surface area contributed by atoms with Crippen LogP contribution in [0.3, 0.4) is 0 Å². The number of carbonyl (C=O) groups is 2. The molecule has 1 rings (SSSR count). The summed E-state index contributed by atoms with van der Waals surface area (Å²) in [5, 5.41) is 9.33. The minimum Gasteiger partial charge on any atom is -0.480 e. The van der Waals surface area contributed by atoms with Crippen molar-refractivity contribution in [2.75, 3.05) is 20.3 Å². The first-order valence-corrected chi connectivity index (χ1v) is 7.16. The van der Waals surface area contributed by atoms with Crippen molar-refractivity contribution >= 4 is 11.9 Å². The molecule has 1 atom stereocenters. The Morgan fingerprint density at radius 1 is 1.29 bits per heavy atom. The Balaban J connectivity index is 2.58. The van der Waals surface area contributed by atoms with Crippen molar-refractivity contribution in [3.8, 4) is 0 Å². The molecule has 5 nitrogen and oxygen atoms in total. The molecule has 1 unspecified atom stereocenters. The Kier molecular flexibility index (Phi) is 7.46. The number of amides is 1. The number of carboxylic acid groups (broad SMARTS) is 1. The number of hydrogen-bond acceptors (Lipinski definition) is 3. The van der Waals surface area contributed by atoms with Crippen molar-refractivity contribution in [1.82, 2.24) is 4.90 Å². The second kappa shape index (κ2) is 9.13. The molecule has 0 saturated heterocycles. The van der Waals surface area contributed by atoms with Crippen LogP contribution < -0.4 is 0 Å². The van der Waals surface area contributed by atoms with Gasteiger partial charge in [0.1, 0.15) is 12.6 Å². The molecule has 5 heteroatoms. The summed E-state index contributed by atoms with van der Waals surface area (Å²) in [6.45, 7) is 2.49. The van der Waals surface area contributed by atoms with Crippen molar-refractivity contribution in [3.05, 3.63) is 35.9 Å². The Bertz CT molecular complexity index is 447. The van der Waals surface area contributed by atoms with Gasteiger partial charge < -0.3 is 14.7 Å². The first kappa shape index (κ1) is 17.2. The summed E-state index contributed by atoms with van der Waals surface area (Å²) < 4.78 is 5.25. The Labute approximate surface area is 125 Å². The second-order valence-corrected chi connectivity index (χ2v) is 4.95. The number of ether oxygens (including phenoxy) is 1. The van der Waals surface area contributed by atoms with Crippen molar-refractivity contribution < 1.29 is 19.4 Å². The Hall–Kier alpha value is -1.88. The van der Waals surface area contributed by atoms with E-state index in [0.717, 1.165) is 18.4 Å². The molecule has 0 radical (unpaired) electrons. The van der Waals surface area contributed by atoms with Gasteiger partial charge in [0.25, 0.3) is 0 Å². The zero-order chi connectivity index (χ0) is 15.7. The number of carbonyl (C=O) groups excluding carboxylic acids is 1. The van der Waals surface area contributed by atoms with E-state index in [4.69, 9.17) is 4.74 Å². The molecule has 0 fully saturated rings. The second-order valence-electron chi connectivity index (χ2n) is 4.95. The molecule has 1 amide bonds. The van der Waals surface area contributed by atoms with E-state index < -0.39 is 12.0 Å². The van der Waals surface area contributed by atoms with Crippen molar-refractivity contribution in [2.45, 2.75) is 32.2 Å². The lowest BCUT2D eigenvalue weighted by atomic mass is 10.1. The first-order valence-electron chi connectivity index (χ1n) is 7.16. The average Bonchev–Trinajstić information content (AvgIpc) is 2.49. The highest BCUT2D eigenvalue weighted by atomic mass is 16.5. The maximum absolute atomic E-state index is 12.0. The fraction of sp³-hybridized carbons (Fsp3) is 0.500. The third kappa shape index (κ3) is 5.95. The number of aliphatic carboxylic acids is 1. The molecule has 0 bridgehead atoms. The van der Waals surface area contributed by atoms with Crippen LogP contribution in [0.4, 0.5) is 0 Å². The smallest absolute Gasteiger partial charge is 0.326 e. The minimum atomic E-state index is -1.01. The lowest BCUT2D eigenvalue weighted by molar-refractivity contribution is -0.150. The van der Waals surface area contributed by atoms with E-state index in [1.165, 1.54) is 11.9 Å². The normalized spacial score (nSPS) is 11.9. The fourth-order valence-electron chi connectivity index (χ4n) is 1.91. The van der Waals surface area contributed by atoms with Crippen LogP contribution >= 0.6 is 0 Å². The molecule has 1 aromatic rings. The molecule has 0 aliphatic rings. The Morgan fingerprint density at radius 3 is 2.52 bits per heavy atom. The van der Waals surface area contributed by atoms with Crippen LogP contribution in [0, 0.1) is 0 Å². The average molecular weight is 293 g/mol. The fourth-order valence-corrected chi connectivity index (χ4v) is 1.91. The quantitative estimate of drug-likeness (QED) is 0.707. The van der Waals surface area contributed by atoms with E-state index in [1.807, 2.05) is 37.3 Å². The minimum absolute atomic E-state index is 0.0743. The first-order chi connectivity index (χ1) is 10.1. The predicted molar refractivity (Wildman–Crippen MR) is 80.1 cm³/mol. The van der Waals surface area contributed by atoms with Gasteiger partial charge >= 0.3 is 5.97 Å². The van der Waals surface area contributed by atoms with E-state index in [0.29, 0.717) is 6.61 Å². The molecular weight excluding hydrogens is 270 g/mol. The molecular formula is C16H23NO4. The summed E-state index contributed by atoms with van der Waals surface area (Å²) in [7, 11) is 1.51. The van der Waals surface area contributed by atoms with Gasteiger partial charge in [-0.15, -0.1) is 0 Å². The molecule has 116 valence electrons. The number of hydrogen-bond donors (Lipinski definition) is 1. The lowest BCUT2D eigenvalue weighted by Gasteiger charge is -2.25. The van der Waals surface area contributed by atoms with E-state index in [1.54, 1.807) is 0 Å². The highest BCUT2D eigenvalue weighted by molar-refractivity contribution is 5.84. The molecule has 0 heterocycles. The van der Waals surface area contributed by atoms with Gasteiger partial charge in [-0.2, -0.15) is 0 Å². The van der Waals surface area contributed by atoms with E-state index >= 15 is 0 Å². The zero-order valence-electron chi connectivity index (χ0n) is 12.6. The lowest BCUT2D eigenvalue weighted by Crippen LogP contribution is -2.45. The molecule has 0 aliphatic heterocycles. The number of likely N-dealkylation sites (N-methyl/N-ethyl adjacent to an activating group) is 1. The van der Waals surface area contributed by atoms with Crippen molar-refractivity contribution in [1.29, 1.82) is 0 Å². The molecule has 21 heavy (non-hydrogen) atoms. The standard InChI is InChI=1S/C16H23NO4/c1-3-4-10-21-12-15(18)17(2)14(16(19)20)11-13-8-6-5-7-9-13/h5-9,14H,3-4,10-12H2,1-2H3,(H,19,20). The largest absolute Gasteiger partial charge is 0.480 e. The summed E-state index contributed by atoms with van der Waals surface area (Å²) in [4.78, 5) is 24.6. The number of unbranched alkanes of at least 4 members (excludes halogenated alkanes) is 1. The van der Waals surface area contributed by atoms with Crippen LogP contribution in [0.2, 0.25) is 0 Å². The van der Waals surface area contributed by atoms with Crippen LogP contribution in [0.25, 0.3) is 0 Å². The zero-order valence-corrected chi connectivity index (χ0v) is 12.6.